The predicted octanol–water partition coefficient (Wildman–Crippen LogP) is 1.78. The standard InChI is InChI=1S/C14H17NO4/c1-9-5-6-10(8-12(9)16)13(17)15-7-3-2-4-11(15)14(18)19/h5-6,8,11,16H,2-4,7H2,1H3,(H,18,19)/t11-/m0/s1. The molecule has 1 aliphatic heterocycles. The molecule has 1 fully saturated rings. The first-order valence-electron chi connectivity index (χ1n) is 6.34. The van der Waals surface area contributed by atoms with E-state index in [9.17, 15) is 14.7 Å². The number of carbonyl (C=O) groups excluding carboxylic acids is 1. The van der Waals surface area contributed by atoms with Crippen LogP contribution in [0.5, 0.6) is 5.75 Å². The molecule has 1 aromatic rings. The number of aromatic hydroxyl groups is 1. The molecule has 1 aliphatic rings. The summed E-state index contributed by atoms with van der Waals surface area (Å²) in [6, 6.07) is 3.91. The van der Waals surface area contributed by atoms with Gasteiger partial charge in [0.1, 0.15) is 11.8 Å². The van der Waals surface area contributed by atoms with Gasteiger partial charge in [-0.25, -0.2) is 4.79 Å². The Kier molecular flexibility index (Phi) is 3.74. The van der Waals surface area contributed by atoms with Gasteiger partial charge in [0.2, 0.25) is 0 Å². The smallest absolute Gasteiger partial charge is 0.326 e. The van der Waals surface area contributed by atoms with Crippen LogP contribution in [-0.2, 0) is 4.79 Å². The molecule has 0 aliphatic carbocycles. The van der Waals surface area contributed by atoms with Crippen LogP contribution >= 0.6 is 0 Å². The van der Waals surface area contributed by atoms with Gasteiger partial charge in [-0.1, -0.05) is 6.07 Å². The van der Waals surface area contributed by atoms with Gasteiger partial charge in [0.15, 0.2) is 0 Å². The van der Waals surface area contributed by atoms with E-state index < -0.39 is 12.0 Å². The molecule has 102 valence electrons. The molecule has 2 N–H and O–H groups in total. The second-order valence-electron chi connectivity index (χ2n) is 4.85. The Morgan fingerprint density at radius 2 is 2.05 bits per heavy atom. The largest absolute Gasteiger partial charge is 0.508 e. The molecule has 0 unspecified atom stereocenters. The maximum absolute atomic E-state index is 12.3. The van der Waals surface area contributed by atoms with Crippen molar-refractivity contribution in [1.82, 2.24) is 4.90 Å². The summed E-state index contributed by atoms with van der Waals surface area (Å²) in [6.45, 7) is 2.19. The van der Waals surface area contributed by atoms with Gasteiger partial charge < -0.3 is 15.1 Å². The fourth-order valence-electron chi connectivity index (χ4n) is 2.34. The number of hydrogen-bond acceptors (Lipinski definition) is 3. The molecule has 0 saturated carbocycles. The molecule has 2 rings (SSSR count). The minimum Gasteiger partial charge on any atom is -0.508 e. The zero-order valence-corrected chi connectivity index (χ0v) is 10.8. The summed E-state index contributed by atoms with van der Waals surface area (Å²) in [5.41, 5.74) is 1.02. The molecule has 1 saturated heterocycles. The van der Waals surface area contributed by atoms with E-state index in [1.807, 2.05) is 0 Å². The number of carbonyl (C=O) groups is 2. The number of benzene rings is 1. The lowest BCUT2D eigenvalue weighted by atomic mass is 10.0. The minimum atomic E-state index is -0.968. The zero-order valence-electron chi connectivity index (χ0n) is 10.8. The zero-order chi connectivity index (χ0) is 14.0. The molecule has 5 nitrogen and oxygen atoms in total. The van der Waals surface area contributed by atoms with Crippen LogP contribution < -0.4 is 0 Å². The molecule has 0 bridgehead atoms. The van der Waals surface area contributed by atoms with Crippen LogP contribution in [0.3, 0.4) is 0 Å². The summed E-state index contributed by atoms with van der Waals surface area (Å²) in [4.78, 5) is 24.9. The number of piperidine rings is 1. The number of amides is 1. The number of likely N-dealkylation sites (tertiary alicyclic amines) is 1. The lowest BCUT2D eigenvalue weighted by molar-refractivity contribution is -0.143. The average Bonchev–Trinajstić information content (AvgIpc) is 2.41. The molecule has 1 atom stereocenters. The van der Waals surface area contributed by atoms with E-state index in [4.69, 9.17) is 5.11 Å². The number of phenolic OH excluding ortho intramolecular Hbond substituents is 1. The SMILES string of the molecule is Cc1ccc(C(=O)N2CCCC[C@H]2C(=O)O)cc1O. The molecule has 5 heteroatoms. The number of phenols is 1. The molecule has 0 aromatic heterocycles. The highest BCUT2D eigenvalue weighted by Crippen LogP contribution is 2.23. The Labute approximate surface area is 111 Å². The van der Waals surface area contributed by atoms with Crippen LogP contribution in [-0.4, -0.2) is 39.6 Å². The van der Waals surface area contributed by atoms with E-state index in [0.29, 0.717) is 24.1 Å². The number of nitrogens with zero attached hydrogens (tertiary/aromatic N) is 1. The lowest BCUT2D eigenvalue weighted by Crippen LogP contribution is -2.47. The predicted molar refractivity (Wildman–Crippen MR) is 69.2 cm³/mol. The highest BCUT2D eigenvalue weighted by Gasteiger charge is 2.32. The molecular weight excluding hydrogens is 246 g/mol. The third-order valence-electron chi connectivity index (χ3n) is 3.50. The molecule has 19 heavy (non-hydrogen) atoms. The van der Waals surface area contributed by atoms with Crippen LogP contribution in [0.15, 0.2) is 18.2 Å². The number of aliphatic carboxylic acids is 1. The summed E-state index contributed by atoms with van der Waals surface area (Å²) < 4.78 is 0. The highest BCUT2D eigenvalue weighted by atomic mass is 16.4. The van der Waals surface area contributed by atoms with E-state index in [-0.39, 0.29) is 11.7 Å². The van der Waals surface area contributed by atoms with E-state index in [1.54, 1.807) is 19.1 Å². The average molecular weight is 263 g/mol. The number of aryl methyl sites for hydroxylation is 1. The third kappa shape index (κ3) is 2.70. The minimum absolute atomic E-state index is 0.0507. The highest BCUT2D eigenvalue weighted by molar-refractivity contribution is 5.97. The number of carboxylic acids is 1. The van der Waals surface area contributed by atoms with Crippen molar-refractivity contribution in [1.29, 1.82) is 0 Å². The van der Waals surface area contributed by atoms with E-state index >= 15 is 0 Å². The van der Waals surface area contributed by atoms with Gasteiger partial charge in [-0.2, -0.15) is 0 Å². The Morgan fingerprint density at radius 3 is 2.68 bits per heavy atom. The summed E-state index contributed by atoms with van der Waals surface area (Å²) in [6.07, 6.45) is 2.12. The van der Waals surface area contributed by atoms with Crippen molar-refractivity contribution in [2.45, 2.75) is 32.2 Å². The van der Waals surface area contributed by atoms with Crippen LogP contribution in [0.4, 0.5) is 0 Å². The van der Waals surface area contributed by atoms with Crippen molar-refractivity contribution >= 4 is 11.9 Å². The first kappa shape index (κ1) is 13.4. The third-order valence-corrected chi connectivity index (χ3v) is 3.50. The lowest BCUT2D eigenvalue weighted by Gasteiger charge is -2.33. The number of rotatable bonds is 2. The molecule has 0 radical (unpaired) electrons. The first-order valence-corrected chi connectivity index (χ1v) is 6.34. The molecule has 1 heterocycles. The number of hydrogen-bond donors (Lipinski definition) is 2. The molecule has 0 spiro atoms. The van der Waals surface area contributed by atoms with Gasteiger partial charge in [-0.05, 0) is 43.9 Å². The monoisotopic (exact) mass is 263 g/mol. The Bertz CT molecular complexity index is 512. The normalized spacial score (nSPS) is 19.2. The van der Waals surface area contributed by atoms with Gasteiger partial charge in [-0.3, -0.25) is 4.79 Å². The van der Waals surface area contributed by atoms with E-state index in [2.05, 4.69) is 0 Å². The van der Waals surface area contributed by atoms with Crippen LogP contribution in [0.2, 0.25) is 0 Å². The maximum atomic E-state index is 12.3. The molecule has 1 amide bonds. The van der Waals surface area contributed by atoms with Crippen molar-refractivity contribution < 1.29 is 19.8 Å². The quantitative estimate of drug-likeness (QED) is 0.852. The van der Waals surface area contributed by atoms with Crippen molar-refractivity contribution in [2.24, 2.45) is 0 Å². The van der Waals surface area contributed by atoms with Crippen molar-refractivity contribution in [3.63, 3.8) is 0 Å². The topological polar surface area (TPSA) is 77.8 Å². The van der Waals surface area contributed by atoms with Crippen LogP contribution in [0, 0.1) is 6.92 Å². The van der Waals surface area contributed by atoms with E-state index in [1.165, 1.54) is 11.0 Å². The van der Waals surface area contributed by atoms with Crippen molar-refractivity contribution in [3.05, 3.63) is 29.3 Å². The summed E-state index contributed by atoms with van der Waals surface area (Å²) in [5.74, 6) is -1.25. The second-order valence-corrected chi connectivity index (χ2v) is 4.85. The number of carboxylic acid groups (broad SMARTS) is 1. The summed E-state index contributed by atoms with van der Waals surface area (Å²) in [7, 11) is 0. The maximum Gasteiger partial charge on any atom is 0.326 e. The summed E-state index contributed by atoms with van der Waals surface area (Å²) in [5, 5.41) is 18.8. The van der Waals surface area contributed by atoms with Gasteiger partial charge in [-0.15, -0.1) is 0 Å². The van der Waals surface area contributed by atoms with Crippen molar-refractivity contribution in [3.8, 4) is 5.75 Å². The van der Waals surface area contributed by atoms with E-state index in [0.717, 1.165) is 12.8 Å². The van der Waals surface area contributed by atoms with Crippen LogP contribution in [0.25, 0.3) is 0 Å². The Morgan fingerprint density at radius 1 is 1.32 bits per heavy atom. The Hall–Kier alpha value is -2.04. The fraction of sp³-hybridized carbons (Fsp3) is 0.429. The van der Waals surface area contributed by atoms with Gasteiger partial charge in [0, 0.05) is 12.1 Å². The van der Waals surface area contributed by atoms with Gasteiger partial charge in [0.25, 0.3) is 5.91 Å². The first-order chi connectivity index (χ1) is 9.00. The second kappa shape index (κ2) is 5.30. The fourth-order valence-corrected chi connectivity index (χ4v) is 2.34. The van der Waals surface area contributed by atoms with Crippen LogP contribution in [0.1, 0.15) is 35.2 Å². The van der Waals surface area contributed by atoms with Gasteiger partial charge >= 0.3 is 5.97 Å². The summed E-state index contributed by atoms with van der Waals surface area (Å²) >= 11 is 0. The molecule has 1 aromatic carbocycles. The Balaban J connectivity index is 2.26. The molecular formula is C14H17NO4. The van der Waals surface area contributed by atoms with Crippen molar-refractivity contribution in [2.75, 3.05) is 6.54 Å². The van der Waals surface area contributed by atoms with Gasteiger partial charge in [0.05, 0.1) is 0 Å².